The van der Waals surface area contributed by atoms with Gasteiger partial charge in [0, 0.05) is 13.0 Å². The predicted molar refractivity (Wildman–Crippen MR) is 75.7 cm³/mol. The normalized spacial score (nSPS) is 19.1. The maximum Gasteiger partial charge on any atom is 0.252 e. The lowest BCUT2D eigenvalue weighted by Crippen LogP contribution is -2.53. The van der Waals surface area contributed by atoms with Crippen molar-refractivity contribution in [2.24, 2.45) is 0 Å². The van der Waals surface area contributed by atoms with Gasteiger partial charge >= 0.3 is 0 Å². The predicted octanol–water partition coefficient (Wildman–Crippen LogP) is 2.62. The van der Waals surface area contributed by atoms with Crippen molar-refractivity contribution in [1.82, 2.24) is 5.32 Å². The molecule has 1 aromatic carbocycles. The van der Waals surface area contributed by atoms with Crippen molar-refractivity contribution in [3.63, 3.8) is 0 Å². The Kier molecular flexibility index (Phi) is 3.74. The molecule has 0 bridgehead atoms. The van der Waals surface area contributed by atoms with E-state index in [4.69, 9.17) is 23.2 Å². The zero-order valence-corrected chi connectivity index (χ0v) is 12.2. The van der Waals surface area contributed by atoms with Crippen LogP contribution in [0.1, 0.15) is 20.3 Å². The van der Waals surface area contributed by atoms with E-state index in [0.29, 0.717) is 15.7 Å². The molecule has 2 amide bonds. The van der Waals surface area contributed by atoms with Gasteiger partial charge in [0.1, 0.15) is 5.54 Å². The molecule has 19 heavy (non-hydrogen) atoms. The summed E-state index contributed by atoms with van der Waals surface area (Å²) in [7, 11) is 0. The Morgan fingerprint density at radius 3 is 2.63 bits per heavy atom. The molecule has 0 saturated carbocycles. The summed E-state index contributed by atoms with van der Waals surface area (Å²) in [6, 6.07) is 5.10. The highest BCUT2D eigenvalue weighted by atomic mass is 35.5. The highest BCUT2D eigenvalue weighted by Crippen LogP contribution is 2.34. The number of nitrogens with one attached hydrogen (secondary N) is 1. The largest absolute Gasteiger partial charge is 0.342 e. The number of anilines is 1. The van der Waals surface area contributed by atoms with Crippen molar-refractivity contribution in [2.45, 2.75) is 25.8 Å². The molecule has 0 aliphatic carbocycles. The molecule has 0 aromatic heterocycles. The molecule has 1 heterocycles. The standard InChI is InChI=1S/C13H14Cl2N2O2/c1-13(2)12(19)17(7-6-10(18)16-13)9-5-3-4-8(14)11(9)15/h3-5H,6-7H2,1-2H3,(H,16,18). The Balaban J connectivity index is 2.45. The minimum Gasteiger partial charge on any atom is -0.342 e. The molecule has 1 N–H and O–H groups in total. The summed E-state index contributed by atoms with van der Waals surface area (Å²) in [5.41, 5.74) is -0.428. The fourth-order valence-electron chi connectivity index (χ4n) is 2.05. The third-order valence-corrected chi connectivity index (χ3v) is 3.83. The third kappa shape index (κ3) is 2.69. The van der Waals surface area contributed by atoms with E-state index < -0.39 is 5.54 Å². The second-order valence-electron chi connectivity index (χ2n) is 4.95. The van der Waals surface area contributed by atoms with Crippen molar-refractivity contribution < 1.29 is 9.59 Å². The Morgan fingerprint density at radius 1 is 1.26 bits per heavy atom. The van der Waals surface area contributed by atoms with Crippen molar-refractivity contribution in [3.8, 4) is 0 Å². The third-order valence-electron chi connectivity index (χ3n) is 3.02. The van der Waals surface area contributed by atoms with Crippen LogP contribution in [-0.2, 0) is 9.59 Å². The molecule has 4 nitrogen and oxygen atoms in total. The maximum atomic E-state index is 12.5. The average Bonchev–Trinajstić information content (AvgIpc) is 2.42. The maximum absolute atomic E-state index is 12.5. The van der Waals surface area contributed by atoms with Gasteiger partial charge in [0.25, 0.3) is 5.91 Å². The number of halogens is 2. The molecule has 0 spiro atoms. The molecule has 1 saturated heterocycles. The van der Waals surface area contributed by atoms with E-state index in [1.54, 1.807) is 32.0 Å². The minimum absolute atomic E-state index is 0.154. The van der Waals surface area contributed by atoms with E-state index in [2.05, 4.69) is 5.32 Å². The first-order chi connectivity index (χ1) is 8.83. The zero-order valence-electron chi connectivity index (χ0n) is 10.7. The number of benzene rings is 1. The number of hydrogen-bond donors (Lipinski definition) is 1. The van der Waals surface area contributed by atoms with E-state index in [-0.39, 0.29) is 24.8 Å². The second kappa shape index (κ2) is 5.02. The molecule has 0 atom stereocenters. The highest BCUT2D eigenvalue weighted by molar-refractivity contribution is 6.44. The van der Waals surface area contributed by atoms with Crippen LogP contribution in [0.25, 0.3) is 0 Å². The molecule has 102 valence electrons. The van der Waals surface area contributed by atoms with Gasteiger partial charge in [-0.2, -0.15) is 0 Å². The van der Waals surface area contributed by atoms with E-state index >= 15 is 0 Å². The number of carbonyl (C=O) groups is 2. The van der Waals surface area contributed by atoms with Crippen molar-refractivity contribution >= 4 is 40.7 Å². The van der Waals surface area contributed by atoms with Crippen LogP contribution in [0, 0.1) is 0 Å². The van der Waals surface area contributed by atoms with Crippen molar-refractivity contribution in [1.29, 1.82) is 0 Å². The smallest absolute Gasteiger partial charge is 0.252 e. The average molecular weight is 301 g/mol. The van der Waals surface area contributed by atoms with Gasteiger partial charge < -0.3 is 10.2 Å². The summed E-state index contributed by atoms with van der Waals surface area (Å²) in [5, 5.41) is 3.40. The van der Waals surface area contributed by atoms with Gasteiger partial charge in [-0.3, -0.25) is 9.59 Å². The molecule has 2 rings (SSSR count). The Bertz CT molecular complexity index is 543. The first-order valence-corrected chi connectivity index (χ1v) is 6.65. The second-order valence-corrected chi connectivity index (χ2v) is 5.74. The topological polar surface area (TPSA) is 49.4 Å². The number of nitrogens with zero attached hydrogens (tertiary/aromatic N) is 1. The summed E-state index contributed by atoms with van der Waals surface area (Å²) in [4.78, 5) is 25.6. The molecule has 0 radical (unpaired) electrons. The van der Waals surface area contributed by atoms with Crippen LogP contribution < -0.4 is 10.2 Å². The van der Waals surface area contributed by atoms with E-state index in [0.717, 1.165) is 0 Å². The number of carbonyl (C=O) groups excluding carboxylic acids is 2. The van der Waals surface area contributed by atoms with E-state index in [1.807, 2.05) is 0 Å². The molecular formula is C13H14Cl2N2O2. The molecular weight excluding hydrogens is 287 g/mol. The van der Waals surface area contributed by atoms with E-state index in [9.17, 15) is 9.59 Å². The quantitative estimate of drug-likeness (QED) is 0.867. The summed E-state index contributed by atoms with van der Waals surface area (Å²) >= 11 is 12.1. The molecule has 1 aliphatic heterocycles. The van der Waals surface area contributed by atoms with Crippen LogP contribution in [0.5, 0.6) is 0 Å². The molecule has 0 unspecified atom stereocenters. The fraction of sp³-hybridized carbons (Fsp3) is 0.385. The lowest BCUT2D eigenvalue weighted by atomic mass is 10.0. The first-order valence-electron chi connectivity index (χ1n) is 5.90. The highest BCUT2D eigenvalue weighted by Gasteiger charge is 2.37. The summed E-state index contributed by atoms with van der Waals surface area (Å²) in [6.07, 6.45) is 0.234. The van der Waals surface area contributed by atoms with Gasteiger partial charge in [-0.1, -0.05) is 29.3 Å². The van der Waals surface area contributed by atoms with Crippen molar-refractivity contribution in [3.05, 3.63) is 28.2 Å². The zero-order chi connectivity index (χ0) is 14.2. The van der Waals surface area contributed by atoms with Crippen LogP contribution in [0.3, 0.4) is 0 Å². The number of rotatable bonds is 1. The van der Waals surface area contributed by atoms with Crippen LogP contribution in [-0.4, -0.2) is 23.9 Å². The summed E-state index contributed by atoms with van der Waals surface area (Å²) in [6.45, 7) is 3.63. The van der Waals surface area contributed by atoms with Crippen LogP contribution in [0.2, 0.25) is 10.0 Å². The molecule has 1 aromatic rings. The molecule has 1 aliphatic rings. The van der Waals surface area contributed by atoms with Gasteiger partial charge in [-0.15, -0.1) is 0 Å². The summed E-state index contributed by atoms with van der Waals surface area (Å²) < 4.78 is 0. The van der Waals surface area contributed by atoms with Gasteiger partial charge in [-0.05, 0) is 26.0 Å². The first kappa shape index (κ1) is 14.2. The Hall–Kier alpha value is -1.26. The van der Waals surface area contributed by atoms with Crippen LogP contribution in [0.4, 0.5) is 5.69 Å². The van der Waals surface area contributed by atoms with Gasteiger partial charge in [0.2, 0.25) is 5.91 Å². The lowest BCUT2D eigenvalue weighted by molar-refractivity contribution is -0.128. The monoisotopic (exact) mass is 300 g/mol. The van der Waals surface area contributed by atoms with Gasteiger partial charge in [0.05, 0.1) is 15.7 Å². The Morgan fingerprint density at radius 2 is 1.95 bits per heavy atom. The summed E-state index contributed by atoms with van der Waals surface area (Å²) in [5.74, 6) is -0.360. The van der Waals surface area contributed by atoms with Crippen LogP contribution >= 0.6 is 23.2 Å². The van der Waals surface area contributed by atoms with Crippen molar-refractivity contribution in [2.75, 3.05) is 11.4 Å². The lowest BCUT2D eigenvalue weighted by Gasteiger charge is -2.29. The number of amides is 2. The molecule has 6 heteroatoms. The molecule has 1 fully saturated rings. The SMILES string of the molecule is CC1(C)NC(=O)CCN(c2cccc(Cl)c2Cl)C1=O. The minimum atomic E-state index is -0.959. The van der Waals surface area contributed by atoms with E-state index in [1.165, 1.54) is 4.90 Å². The Labute approximate surface area is 121 Å². The van der Waals surface area contributed by atoms with Crippen LogP contribution in [0.15, 0.2) is 18.2 Å². The van der Waals surface area contributed by atoms with Gasteiger partial charge in [0.15, 0.2) is 0 Å². The van der Waals surface area contributed by atoms with Gasteiger partial charge in [-0.25, -0.2) is 0 Å². The fourth-order valence-corrected chi connectivity index (χ4v) is 2.45. The number of hydrogen-bond acceptors (Lipinski definition) is 2.